The molecule has 0 aliphatic carbocycles. The molecule has 2 aromatic carbocycles. The molecule has 2 amide bonds. The smallest absolute Gasteiger partial charge is 0.247 e. The summed E-state index contributed by atoms with van der Waals surface area (Å²) in [5, 5.41) is 8.62. The highest BCUT2D eigenvalue weighted by Gasteiger charge is 2.39. The number of thioether (sulfide) groups is 1. The SMILES string of the molecule is COCCCN1C(=O)CSc2c(c(C)nn2-c2ccccc2)[C@@H]1C(=O)NCc1ccccc1OC. The lowest BCUT2D eigenvalue weighted by atomic mass is 10.0. The first-order chi connectivity index (χ1) is 17.0. The summed E-state index contributed by atoms with van der Waals surface area (Å²) in [6.07, 6.45) is 0.629. The zero-order chi connectivity index (χ0) is 24.8. The van der Waals surface area contributed by atoms with Crippen molar-refractivity contribution in [3.8, 4) is 11.4 Å². The van der Waals surface area contributed by atoms with Crippen LogP contribution in [-0.4, -0.2) is 59.6 Å². The van der Waals surface area contributed by atoms with Crippen molar-refractivity contribution in [2.45, 2.75) is 31.0 Å². The fourth-order valence-corrected chi connectivity index (χ4v) is 5.37. The number of methoxy groups -OCH3 is 2. The minimum absolute atomic E-state index is 0.0845. The van der Waals surface area contributed by atoms with E-state index >= 15 is 0 Å². The van der Waals surface area contributed by atoms with Crippen LogP contribution in [0, 0.1) is 6.92 Å². The molecule has 4 rings (SSSR count). The van der Waals surface area contributed by atoms with Gasteiger partial charge in [0.25, 0.3) is 0 Å². The molecule has 0 bridgehead atoms. The van der Waals surface area contributed by atoms with Crippen LogP contribution in [0.25, 0.3) is 5.69 Å². The first-order valence-corrected chi connectivity index (χ1v) is 12.5. The van der Waals surface area contributed by atoms with E-state index in [1.54, 1.807) is 19.1 Å². The number of ether oxygens (including phenoxy) is 2. The monoisotopic (exact) mass is 494 g/mol. The first-order valence-electron chi connectivity index (χ1n) is 11.5. The van der Waals surface area contributed by atoms with E-state index < -0.39 is 6.04 Å². The number of nitrogens with one attached hydrogen (secondary N) is 1. The summed E-state index contributed by atoms with van der Waals surface area (Å²) in [5.41, 5.74) is 3.23. The van der Waals surface area contributed by atoms with Gasteiger partial charge < -0.3 is 19.7 Å². The second-order valence-corrected chi connectivity index (χ2v) is 9.17. The number of hydrogen-bond acceptors (Lipinski definition) is 6. The van der Waals surface area contributed by atoms with E-state index in [0.717, 1.165) is 27.5 Å². The lowest BCUT2D eigenvalue weighted by molar-refractivity contribution is -0.139. The number of carbonyl (C=O) groups is 2. The summed E-state index contributed by atoms with van der Waals surface area (Å²) >= 11 is 1.42. The highest BCUT2D eigenvalue weighted by Crippen LogP contribution is 2.39. The highest BCUT2D eigenvalue weighted by molar-refractivity contribution is 8.00. The molecular weight excluding hydrogens is 464 g/mol. The van der Waals surface area contributed by atoms with Crippen LogP contribution in [-0.2, 0) is 20.9 Å². The molecule has 1 aliphatic rings. The van der Waals surface area contributed by atoms with Gasteiger partial charge >= 0.3 is 0 Å². The van der Waals surface area contributed by atoms with Crippen molar-refractivity contribution >= 4 is 23.6 Å². The van der Waals surface area contributed by atoms with Gasteiger partial charge in [-0.3, -0.25) is 9.59 Å². The normalized spacial score (nSPS) is 15.5. The van der Waals surface area contributed by atoms with Gasteiger partial charge in [0.05, 0.1) is 24.2 Å². The summed E-state index contributed by atoms with van der Waals surface area (Å²) in [6.45, 7) is 3.09. The molecule has 0 spiro atoms. The van der Waals surface area contributed by atoms with Gasteiger partial charge in [-0.25, -0.2) is 4.68 Å². The van der Waals surface area contributed by atoms with Crippen LogP contribution in [0.5, 0.6) is 5.75 Å². The van der Waals surface area contributed by atoms with Crippen molar-refractivity contribution in [3.63, 3.8) is 0 Å². The van der Waals surface area contributed by atoms with Gasteiger partial charge in [-0.2, -0.15) is 5.10 Å². The Labute approximate surface area is 209 Å². The van der Waals surface area contributed by atoms with Gasteiger partial charge in [0, 0.05) is 37.9 Å². The Balaban J connectivity index is 1.72. The van der Waals surface area contributed by atoms with Gasteiger partial charge in [-0.05, 0) is 31.5 Å². The van der Waals surface area contributed by atoms with Gasteiger partial charge in [0.1, 0.15) is 16.8 Å². The van der Waals surface area contributed by atoms with Gasteiger partial charge in [-0.15, -0.1) is 0 Å². The number of benzene rings is 2. The van der Waals surface area contributed by atoms with E-state index in [1.807, 2.05) is 66.2 Å². The third-order valence-electron chi connectivity index (χ3n) is 5.94. The molecule has 184 valence electrons. The molecule has 1 N–H and O–H groups in total. The molecule has 3 aromatic rings. The van der Waals surface area contributed by atoms with Crippen LogP contribution in [0.15, 0.2) is 59.6 Å². The maximum atomic E-state index is 13.7. The van der Waals surface area contributed by atoms with Crippen LogP contribution in [0.1, 0.15) is 29.3 Å². The Bertz CT molecular complexity index is 1180. The summed E-state index contributed by atoms with van der Waals surface area (Å²) in [6, 6.07) is 16.5. The predicted octanol–water partition coefficient (Wildman–Crippen LogP) is 3.52. The number of amides is 2. The van der Waals surface area contributed by atoms with Crippen LogP contribution in [0.4, 0.5) is 0 Å². The average Bonchev–Trinajstić information content (AvgIpc) is 3.13. The second-order valence-electron chi connectivity index (χ2n) is 8.21. The lowest BCUT2D eigenvalue weighted by Crippen LogP contribution is -2.44. The van der Waals surface area contributed by atoms with Gasteiger partial charge in [0.2, 0.25) is 11.8 Å². The minimum atomic E-state index is -0.795. The van der Waals surface area contributed by atoms with E-state index in [4.69, 9.17) is 14.6 Å². The summed E-state index contributed by atoms with van der Waals surface area (Å²) in [5.74, 6) is 0.597. The number of fused-ring (bicyclic) bond motifs is 1. The van der Waals surface area contributed by atoms with E-state index in [1.165, 1.54) is 11.8 Å². The zero-order valence-corrected chi connectivity index (χ0v) is 21.0. The van der Waals surface area contributed by atoms with E-state index in [0.29, 0.717) is 25.3 Å². The molecular formula is C26H30N4O4S. The van der Waals surface area contributed by atoms with Crippen LogP contribution in [0.2, 0.25) is 0 Å². The summed E-state index contributed by atoms with van der Waals surface area (Å²) in [7, 11) is 3.23. The van der Waals surface area contributed by atoms with Crippen molar-refractivity contribution in [1.82, 2.24) is 20.0 Å². The lowest BCUT2D eigenvalue weighted by Gasteiger charge is -2.29. The molecule has 35 heavy (non-hydrogen) atoms. The van der Waals surface area contributed by atoms with Crippen molar-refractivity contribution in [2.24, 2.45) is 0 Å². The molecule has 1 aliphatic heterocycles. The molecule has 9 heteroatoms. The molecule has 0 saturated heterocycles. The Morgan fingerprint density at radius 1 is 1.14 bits per heavy atom. The number of rotatable bonds is 9. The van der Waals surface area contributed by atoms with Crippen LogP contribution >= 0.6 is 11.8 Å². The van der Waals surface area contributed by atoms with Gasteiger partial charge in [0.15, 0.2) is 0 Å². The number of hydrogen-bond donors (Lipinski definition) is 1. The number of carbonyl (C=O) groups excluding carboxylic acids is 2. The van der Waals surface area contributed by atoms with Gasteiger partial charge in [-0.1, -0.05) is 48.2 Å². The molecule has 0 unspecified atom stereocenters. The quantitative estimate of drug-likeness (QED) is 0.458. The topological polar surface area (TPSA) is 85.7 Å². The van der Waals surface area contributed by atoms with Crippen molar-refractivity contribution < 1.29 is 19.1 Å². The van der Waals surface area contributed by atoms with E-state index in [2.05, 4.69) is 5.32 Å². The highest BCUT2D eigenvalue weighted by atomic mass is 32.2. The standard InChI is InChI=1S/C26H30N4O4S/c1-18-23-24(25(32)27-16-19-10-7-8-13-21(19)34-3)29(14-9-15-33-2)22(31)17-35-26(23)30(28-18)20-11-5-4-6-12-20/h4-8,10-13,24H,9,14-17H2,1-3H3,(H,27,32)/t24-/m1/s1. The van der Waals surface area contributed by atoms with Crippen LogP contribution in [0.3, 0.4) is 0 Å². The minimum Gasteiger partial charge on any atom is -0.496 e. The molecule has 2 heterocycles. The molecule has 0 radical (unpaired) electrons. The number of nitrogens with zero attached hydrogens (tertiary/aromatic N) is 3. The number of aromatic nitrogens is 2. The van der Waals surface area contributed by atoms with E-state index in [-0.39, 0.29) is 24.1 Å². The average molecular weight is 495 g/mol. The fraction of sp³-hybridized carbons (Fsp3) is 0.346. The van der Waals surface area contributed by atoms with E-state index in [9.17, 15) is 9.59 Å². The Hall–Kier alpha value is -3.30. The third-order valence-corrected chi connectivity index (χ3v) is 7.00. The Morgan fingerprint density at radius 2 is 1.89 bits per heavy atom. The second kappa shape index (κ2) is 11.4. The third kappa shape index (κ3) is 5.36. The molecule has 0 fully saturated rings. The first kappa shape index (κ1) is 24.8. The maximum Gasteiger partial charge on any atom is 0.247 e. The summed E-state index contributed by atoms with van der Waals surface area (Å²) in [4.78, 5) is 28.7. The fourth-order valence-electron chi connectivity index (χ4n) is 4.26. The molecule has 1 aromatic heterocycles. The Kier molecular flexibility index (Phi) is 8.09. The molecule has 0 saturated carbocycles. The van der Waals surface area contributed by atoms with Crippen molar-refractivity contribution in [2.75, 3.05) is 33.1 Å². The van der Waals surface area contributed by atoms with Crippen molar-refractivity contribution in [3.05, 3.63) is 71.4 Å². The van der Waals surface area contributed by atoms with Crippen LogP contribution < -0.4 is 10.1 Å². The maximum absolute atomic E-state index is 13.7. The number of para-hydroxylation sites is 2. The largest absolute Gasteiger partial charge is 0.496 e. The molecule has 1 atom stereocenters. The zero-order valence-electron chi connectivity index (χ0n) is 20.2. The molecule has 8 nitrogen and oxygen atoms in total. The predicted molar refractivity (Wildman–Crippen MR) is 135 cm³/mol. The van der Waals surface area contributed by atoms with Crippen molar-refractivity contribution in [1.29, 1.82) is 0 Å². The number of aryl methyl sites for hydroxylation is 1. The summed E-state index contributed by atoms with van der Waals surface area (Å²) < 4.78 is 12.5. The Morgan fingerprint density at radius 3 is 2.63 bits per heavy atom.